The van der Waals surface area contributed by atoms with Crippen molar-refractivity contribution in [3.63, 3.8) is 0 Å². The largest absolute Gasteiger partial charge is 0.292 e. The number of rotatable bonds is 5. The van der Waals surface area contributed by atoms with Gasteiger partial charge in [0.2, 0.25) is 0 Å². The van der Waals surface area contributed by atoms with Crippen LogP contribution >= 0.6 is 0 Å². The molecule has 0 amide bonds. The second kappa shape index (κ2) is 7.22. The van der Waals surface area contributed by atoms with E-state index in [2.05, 4.69) is 11.2 Å². The molecule has 0 fully saturated rings. The van der Waals surface area contributed by atoms with E-state index in [4.69, 9.17) is 5.41 Å². The molecule has 0 unspecified atom stereocenters. The molecule has 0 aliphatic carbocycles. The SMILES string of the molecule is CCCC(=O)c1nn(-c2ccc(C)cc2)c(=N)c(C#N)c1C(C)C. The highest BCUT2D eigenvalue weighted by Crippen LogP contribution is 2.22. The van der Waals surface area contributed by atoms with Gasteiger partial charge in [0.15, 0.2) is 11.3 Å². The third-order valence-corrected chi connectivity index (χ3v) is 3.88. The van der Waals surface area contributed by atoms with Gasteiger partial charge in [0, 0.05) is 12.0 Å². The van der Waals surface area contributed by atoms with Gasteiger partial charge in [-0.2, -0.15) is 10.4 Å². The van der Waals surface area contributed by atoms with E-state index < -0.39 is 0 Å². The van der Waals surface area contributed by atoms with E-state index >= 15 is 0 Å². The predicted molar refractivity (Wildman–Crippen MR) is 92.2 cm³/mol. The number of aromatic nitrogens is 2. The summed E-state index contributed by atoms with van der Waals surface area (Å²) in [5.74, 6) is -0.140. The van der Waals surface area contributed by atoms with E-state index in [9.17, 15) is 10.1 Å². The Kier molecular flexibility index (Phi) is 5.30. The first-order valence-electron chi connectivity index (χ1n) is 8.12. The van der Waals surface area contributed by atoms with E-state index in [1.807, 2.05) is 52.0 Å². The molecule has 0 saturated carbocycles. The normalized spacial score (nSPS) is 10.7. The molecular weight excluding hydrogens is 300 g/mol. The standard InChI is InChI=1S/C19H22N4O/c1-5-6-16(24)18-17(12(2)3)15(11-20)19(21)23(22-18)14-9-7-13(4)8-10-14/h7-10,12,21H,5-6H2,1-4H3. The molecule has 24 heavy (non-hydrogen) atoms. The average Bonchev–Trinajstić information content (AvgIpc) is 2.55. The number of ketones is 1. The molecule has 1 aromatic heterocycles. The smallest absolute Gasteiger partial charge is 0.183 e. The van der Waals surface area contributed by atoms with E-state index in [1.54, 1.807) is 0 Å². The molecule has 0 radical (unpaired) electrons. The van der Waals surface area contributed by atoms with Crippen LogP contribution in [0.2, 0.25) is 0 Å². The number of benzene rings is 1. The van der Waals surface area contributed by atoms with Crippen LogP contribution in [0.5, 0.6) is 0 Å². The van der Waals surface area contributed by atoms with E-state index in [0.717, 1.165) is 5.56 Å². The first-order chi connectivity index (χ1) is 11.4. The van der Waals surface area contributed by atoms with Crippen molar-refractivity contribution in [1.82, 2.24) is 9.78 Å². The molecule has 1 aromatic carbocycles. The highest BCUT2D eigenvalue weighted by Gasteiger charge is 2.22. The molecule has 0 spiro atoms. The molecule has 1 N–H and O–H groups in total. The van der Waals surface area contributed by atoms with E-state index in [1.165, 1.54) is 4.68 Å². The number of aryl methyl sites for hydroxylation is 1. The van der Waals surface area contributed by atoms with Crippen LogP contribution < -0.4 is 5.49 Å². The maximum absolute atomic E-state index is 12.5. The van der Waals surface area contributed by atoms with Crippen molar-refractivity contribution in [2.75, 3.05) is 0 Å². The Morgan fingerprint density at radius 2 is 1.96 bits per heavy atom. The Morgan fingerprint density at radius 3 is 2.46 bits per heavy atom. The van der Waals surface area contributed by atoms with Crippen LogP contribution in [0.4, 0.5) is 0 Å². The Labute approximate surface area is 142 Å². The zero-order valence-corrected chi connectivity index (χ0v) is 14.6. The summed E-state index contributed by atoms with van der Waals surface area (Å²) in [6, 6.07) is 9.61. The van der Waals surface area contributed by atoms with E-state index in [-0.39, 0.29) is 22.8 Å². The molecule has 2 rings (SSSR count). The van der Waals surface area contributed by atoms with Crippen LogP contribution in [0.15, 0.2) is 24.3 Å². The highest BCUT2D eigenvalue weighted by molar-refractivity contribution is 5.96. The summed E-state index contributed by atoms with van der Waals surface area (Å²) in [4.78, 5) is 12.5. The van der Waals surface area contributed by atoms with Crippen molar-refractivity contribution in [3.8, 4) is 11.8 Å². The Morgan fingerprint density at radius 1 is 1.33 bits per heavy atom. The minimum Gasteiger partial charge on any atom is -0.292 e. The van der Waals surface area contributed by atoms with Gasteiger partial charge in [-0.15, -0.1) is 0 Å². The molecule has 2 aromatic rings. The second-order valence-electron chi connectivity index (χ2n) is 6.17. The summed E-state index contributed by atoms with van der Waals surface area (Å²) in [7, 11) is 0. The van der Waals surface area contributed by atoms with E-state index in [0.29, 0.717) is 29.8 Å². The average molecular weight is 322 g/mol. The lowest BCUT2D eigenvalue weighted by Crippen LogP contribution is -2.29. The topological polar surface area (TPSA) is 82.5 Å². The summed E-state index contributed by atoms with van der Waals surface area (Å²) in [6.07, 6.45) is 1.09. The monoisotopic (exact) mass is 322 g/mol. The molecule has 5 heteroatoms. The lowest BCUT2D eigenvalue weighted by atomic mass is 9.94. The molecule has 0 aliphatic rings. The number of nitrogens with one attached hydrogen (secondary N) is 1. The summed E-state index contributed by atoms with van der Waals surface area (Å²) in [5.41, 5.74) is 2.87. The van der Waals surface area contributed by atoms with Crippen molar-refractivity contribution < 1.29 is 4.79 Å². The highest BCUT2D eigenvalue weighted by atomic mass is 16.1. The van der Waals surface area contributed by atoms with Gasteiger partial charge in [0.1, 0.15) is 17.3 Å². The first kappa shape index (κ1) is 17.6. The van der Waals surface area contributed by atoms with Crippen LogP contribution in [0.25, 0.3) is 5.69 Å². The summed E-state index contributed by atoms with van der Waals surface area (Å²) < 4.78 is 1.38. The fraction of sp³-hybridized carbons (Fsp3) is 0.368. The van der Waals surface area contributed by atoms with Gasteiger partial charge in [-0.3, -0.25) is 10.2 Å². The van der Waals surface area contributed by atoms with Crippen LogP contribution in [0.3, 0.4) is 0 Å². The molecule has 0 saturated heterocycles. The number of hydrogen-bond donors (Lipinski definition) is 1. The fourth-order valence-electron chi connectivity index (χ4n) is 2.66. The predicted octanol–water partition coefficient (Wildman–Crippen LogP) is 3.64. The Bertz CT molecular complexity index is 855. The van der Waals surface area contributed by atoms with Gasteiger partial charge < -0.3 is 0 Å². The molecule has 5 nitrogen and oxygen atoms in total. The second-order valence-corrected chi connectivity index (χ2v) is 6.17. The van der Waals surface area contributed by atoms with Gasteiger partial charge in [-0.25, -0.2) is 4.68 Å². The first-order valence-corrected chi connectivity index (χ1v) is 8.12. The van der Waals surface area contributed by atoms with Crippen molar-refractivity contribution in [2.24, 2.45) is 0 Å². The van der Waals surface area contributed by atoms with Crippen LogP contribution in [-0.4, -0.2) is 15.6 Å². The lowest BCUT2D eigenvalue weighted by molar-refractivity contribution is 0.0973. The van der Waals surface area contributed by atoms with Gasteiger partial charge >= 0.3 is 0 Å². The minimum absolute atomic E-state index is 0.0121. The maximum atomic E-state index is 12.5. The molecule has 0 bridgehead atoms. The molecule has 0 atom stereocenters. The van der Waals surface area contributed by atoms with Crippen molar-refractivity contribution in [3.05, 3.63) is 52.1 Å². The number of nitriles is 1. The van der Waals surface area contributed by atoms with Gasteiger partial charge in [-0.1, -0.05) is 38.5 Å². The number of nitrogens with zero attached hydrogens (tertiary/aromatic N) is 3. The number of hydrogen-bond acceptors (Lipinski definition) is 4. The Balaban J connectivity index is 2.81. The molecular formula is C19H22N4O. The van der Waals surface area contributed by atoms with Crippen molar-refractivity contribution in [1.29, 1.82) is 10.7 Å². The number of Topliss-reactive ketones (excluding diaryl/α,β-unsaturated/α-hetero) is 1. The zero-order valence-electron chi connectivity index (χ0n) is 14.6. The van der Waals surface area contributed by atoms with Crippen molar-refractivity contribution in [2.45, 2.75) is 46.5 Å². The minimum atomic E-state index is -0.0847. The van der Waals surface area contributed by atoms with Crippen LogP contribution in [-0.2, 0) is 0 Å². The molecule has 0 aliphatic heterocycles. The van der Waals surface area contributed by atoms with Gasteiger partial charge in [0.25, 0.3) is 0 Å². The summed E-state index contributed by atoms with van der Waals surface area (Å²) >= 11 is 0. The zero-order chi connectivity index (χ0) is 17.9. The summed E-state index contributed by atoms with van der Waals surface area (Å²) in [5, 5.41) is 22.4. The Hall–Kier alpha value is -2.74. The lowest BCUT2D eigenvalue weighted by Gasteiger charge is -2.16. The maximum Gasteiger partial charge on any atom is 0.183 e. The van der Waals surface area contributed by atoms with Crippen molar-refractivity contribution >= 4 is 5.78 Å². The third kappa shape index (κ3) is 3.28. The third-order valence-electron chi connectivity index (χ3n) is 3.88. The van der Waals surface area contributed by atoms with Crippen LogP contribution in [0, 0.1) is 23.7 Å². The fourth-order valence-corrected chi connectivity index (χ4v) is 2.66. The quantitative estimate of drug-likeness (QED) is 0.853. The number of carbonyl (C=O) groups excluding carboxylic acids is 1. The molecule has 1 heterocycles. The summed E-state index contributed by atoms with van der Waals surface area (Å²) in [6.45, 7) is 7.74. The van der Waals surface area contributed by atoms with Gasteiger partial charge in [0.05, 0.1) is 5.69 Å². The molecule has 124 valence electrons. The van der Waals surface area contributed by atoms with Crippen LogP contribution in [0.1, 0.15) is 66.7 Å². The van der Waals surface area contributed by atoms with Gasteiger partial charge in [-0.05, 0) is 31.4 Å². The number of carbonyl (C=O) groups is 1.